The summed E-state index contributed by atoms with van der Waals surface area (Å²) in [6.45, 7) is 4.36. The van der Waals surface area contributed by atoms with E-state index < -0.39 is 0 Å². The normalized spacial score (nSPS) is 20.4. The van der Waals surface area contributed by atoms with Crippen LogP contribution >= 0.6 is 0 Å². The maximum Gasteiger partial charge on any atom is 0.223 e. The van der Waals surface area contributed by atoms with Gasteiger partial charge in [0.2, 0.25) is 5.95 Å². The summed E-state index contributed by atoms with van der Waals surface area (Å²) in [5.41, 5.74) is 0.145. The fraction of sp³-hybridized carbons (Fsp3) is 0.600. The number of hydrogen-bond acceptors (Lipinski definition) is 4. The van der Waals surface area contributed by atoms with Gasteiger partial charge in [-0.3, -0.25) is 0 Å². The first kappa shape index (κ1) is 9.40. The van der Waals surface area contributed by atoms with Gasteiger partial charge in [0.15, 0.2) is 0 Å². The Morgan fingerprint density at radius 2 is 1.93 bits per heavy atom. The van der Waals surface area contributed by atoms with Crippen molar-refractivity contribution in [2.24, 2.45) is 0 Å². The predicted octanol–water partition coefficient (Wildman–Crippen LogP) is 1.03. The van der Waals surface area contributed by atoms with Gasteiger partial charge in [0.05, 0.1) is 0 Å². The second-order valence-electron chi connectivity index (χ2n) is 4.01. The van der Waals surface area contributed by atoms with Gasteiger partial charge in [0.1, 0.15) is 0 Å². The quantitative estimate of drug-likeness (QED) is 0.735. The minimum atomic E-state index is 0.145. The first-order valence-electron chi connectivity index (χ1n) is 5.04. The van der Waals surface area contributed by atoms with E-state index in [1.165, 1.54) is 0 Å². The van der Waals surface area contributed by atoms with E-state index in [4.69, 9.17) is 0 Å². The highest BCUT2D eigenvalue weighted by atomic mass is 15.1. The zero-order valence-electron chi connectivity index (χ0n) is 8.45. The molecule has 1 aromatic heterocycles. The molecule has 2 N–H and O–H groups in total. The van der Waals surface area contributed by atoms with Crippen LogP contribution < -0.4 is 10.6 Å². The van der Waals surface area contributed by atoms with E-state index in [0.717, 1.165) is 31.9 Å². The first-order chi connectivity index (χ1) is 6.79. The molecule has 1 saturated heterocycles. The van der Waals surface area contributed by atoms with Crippen molar-refractivity contribution in [2.75, 3.05) is 18.4 Å². The Morgan fingerprint density at radius 1 is 1.29 bits per heavy atom. The molecule has 0 radical (unpaired) electrons. The molecule has 0 bridgehead atoms. The largest absolute Gasteiger partial charge is 0.349 e. The number of nitrogens with one attached hydrogen (secondary N) is 2. The van der Waals surface area contributed by atoms with Crippen LogP contribution in [-0.4, -0.2) is 28.6 Å². The van der Waals surface area contributed by atoms with Crippen molar-refractivity contribution in [3.8, 4) is 0 Å². The van der Waals surface area contributed by atoms with Crippen LogP contribution in [-0.2, 0) is 0 Å². The van der Waals surface area contributed by atoms with Crippen molar-refractivity contribution >= 4 is 5.95 Å². The van der Waals surface area contributed by atoms with E-state index in [1.807, 2.05) is 6.07 Å². The summed E-state index contributed by atoms with van der Waals surface area (Å²) in [5.74, 6) is 0.733. The van der Waals surface area contributed by atoms with Gasteiger partial charge in [-0.2, -0.15) is 0 Å². The van der Waals surface area contributed by atoms with Crippen molar-refractivity contribution in [3.05, 3.63) is 18.5 Å². The molecule has 0 aliphatic carbocycles. The van der Waals surface area contributed by atoms with E-state index in [0.29, 0.717) is 0 Å². The standard InChI is InChI=1S/C10H16N4/c1-10(3-7-11-8-4-10)14-9-12-5-2-6-13-9/h2,5-6,11H,3-4,7-8H2,1H3,(H,12,13,14). The van der Waals surface area contributed by atoms with Crippen molar-refractivity contribution in [1.29, 1.82) is 0 Å². The van der Waals surface area contributed by atoms with Crippen molar-refractivity contribution in [3.63, 3.8) is 0 Å². The van der Waals surface area contributed by atoms with Crippen LogP contribution in [0.2, 0.25) is 0 Å². The van der Waals surface area contributed by atoms with Gasteiger partial charge >= 0.3 is 0 Å². The molecule has 0 spiro atoms. The second kappa shape index (κ2) is 3.92. The molecule has 0 saturated carbocycles. The average Bonchev–Trinajstić information content (AvgIpc) is 2.19. The topological polar surface area (TPSA) is 49.8 Å². The molecule has 1 fully saturated rings. The monoisotopic (exact) mass is 192 g/mol. The van der Waals surface area contributed by atoms with E-state index >= 15 is 0 Å². The van der Waals surface area contributed by atoms with Gasteiger partial charge in [-0.15, -0.1) is 0 Å². The Bertz CT molecular complexity index is 279. The number of rotatable bonds is 2. The summed E-state index contributed by atoms with van der Waals surface area (Å²) >= 11 is 0. The zero-order valence-corrected chi connectivity index (χ0v) is 8.45. The number of nitrogens with zero attached hydrogens (tertiary/aromatic N) is 2. The number of hydrogen-bond donors (Lipinski definition) is 2. The molecule has 4 nitrogen and oxygen atoms in total. The SMILES string of the molecule is CC1(Nc2ncccn2)CCNCC1. The van der Waals surface area contributed by atoms with Gasteiger partial charge in [-0.1, -0.05) is 0 Å². The minimum Gasteiger partial charge on any atom is -0.349 e. The summed E-state index contributed by atoms with van der Waals surface area (Å²) < 4.78 is 0. The molecule has 1 aromatic rings. The highest BCUT2D eigenvalue weighted by Crippen LogP contribution is 2.21. The lowest BCUT2D eigenvalue weighted by Gasteiger charge is -2.34. The van der Waals surface area contributed by atoms with Crippen molar-refractivity contribution in [1.82, 2.24) is 15.3 Å². The Hall–Kier alpha value is -1.16. The van der Waals surface area contributed by atoms with E-state index in [1.54, 1.807) is 12.4 Å². The molecule has 0 aromatic carbocycles. The molecule has 0 amide bonds. The first-order valence-corrected chi connectivity index (χ1v) is 5.04. The molecule has 1 aliphatic rings. The summed E-state index contributed by atoms with van der Waals surface area (Å²) in [7, 11) is 0. The second-order valence-corrected chi connectivity index (χ2v) is 4.01. The average molecular weight is 192 g/mol. The van der Waals surface area contributed by atoms with Gasteiger partial charge < -0.3 is 10.6 Å². The van der Waals surface area contributed by atoms with Gasteiger partial charge in [-0.25, -0.2) is 9.97 Å². The van der Waals surface area contributed by atoms with E-state index in [-0.39, 0.29) is 5.54 Å². The Kier molecular flexibility index (Phi) is 2.63. The summed E-state index contributed by atoms with van der Waals surface area (Å²) in [4.78, 5) is 8.35. The van der Waals surface area contributed by atoms with E-state index in [2.05, 4.69) is 27.5 Å². The van der Waals surface area contributed by atoms with Crippen LogP contribution in [0.25, 0.3) is 0 Å². The third-order valence-electron chi connectivity index (χ3n) is 2.69. The lowest BCUT2D eigenvalue weighted by atomic mass is 9.91. The van der Waals surface area contributed by atoms with Gasteiger partial charge in [-0.05, 0) is 38.9 Å². The molecule has 4 heteroatoms. The number of aromatic nitrogens is 2. The van der Waals surface area contributed by atoms with E-state index in [9.17, 15) is 0 Å². The lowest BCUT2D eigenvalue weighted by Crippen LogP contribution is -2.45. The summed E-state index contributed by atoms with van der Waals surface area (Å²) in [6, 6.07) is 1.83. The molecule has 14 heavy (non-hydrogen) atoms. The predicted molar refractivity (Wildman–Crippen MR) is 56.2 cm³/mol. The van der Waals surface area contributed by atoms with Crippen LogP contribution in [0.15, 0.2) is 18.5 Å². The molecule has 76 valence electrons. The van der Waals surface area contributed by atoms with Crippen molar-refractivity contribution < 1.29 is 0 Å². The molecular formula is C10H16N4. The number of anilines is 1. The summed E-state index contributed by atoms with van der Waals surface area (Å²) in [6.07, 6.45) is 5.76. The highest BCUT2D eigenvalue weighted by Gasteiger charge is 2.26. The molecule has 1 aliphatic heterocycles. The fourth-order valence-corrected chi connectivity index (χ4v) is 1.74. The van der Waals surface area contributed by atoms with Gasteiger partial charge in [0.25, 0.3) is 0 Å². The third-order valence-corrected chi connectivity index (χ3v) is 2.69. The Balaban J connectivity index is 2.02. The molecular weight excluding hydrogens is 176 g/mol. The summed E-state index contributed by atoms with van der Waals surface area (Å²) in [5, 5.41) is 6.74. The zero-order chi connectivity index (χ0) is 9.86. The van der Waals surface area contributed by atoms with Crippen LogP contribution in [0.5, 0.6) is 0 Å². The van der Waals surface area contributed by atoms with Crippen LogP contribution in [0.4, 0.5) is 5.95 Å². The highest BCUT2D eigenvalue weighted by molar-refractivity contribution is 5.27. The lowest BCUT2D eigenvalue weighted by molar-refractivity contribution is 0.363. The maximum absolute atomic E-state index is 4.18. The number of piperidine rings is 1. The molecule has 0 atom stereocenters. The van der Waals surface area contributed by atoms with Crippen LogP contribution in [0, 0.1) is 0 Å². The molecule has 2 rings (SSSR count). The Morgan fingerprint density at radius 3 is 2.57 bits per heavy atom. The van der Waals surface area contributed by atoms with Crippen LogP contribution in [0.3, 0.4) is 0 Å². The molecule has 2 heterocycles. The smallest absolute Gasteiger partial charge is 0.223 e. The minimum absolute atomic E-state index is 0.145. The van der Waals surface area contributed by atoms with Crippen molar-refractivity contribution in [2.45, 2.75) is 25.3 Å². The molecule has 0 unspecified atom stereocenters. The third kappa shape index (κ3) is 2.20. The van der Waals surface area contributed by atoms with Gasteiger partial charge in [0, 0.05) is 17.9 Å². The van der Waals surface area contributed by atoms with Crippen LogP contribution in [0.1, 0.15) is 19.8 Å². The Labute approximate surface area is 84.2 Å². The fourth-order valence-electron chi connectivity index (χ4n) is 1.74. The maximum atomic E-state index is 4.18.